The van der Waals surface area contributed by atoms with E-state index in [0.717, 1.165) is 13.0 Å². The standard InChI is InChI=1S/C12H15BrN4O3/c1-5-7(17(18)19)4-15-12(8(5)13)16-10-9(14)6-2-3-20-11(6)10/h4,6,9-11H,2-3,14H2,1H3,(H,15,16). The number of rotatable bonds is 3. The van der Waals surface area contributed by atoms with Crippen molar-refractivity contribution in [3.8, 4) is 0 Å². The second kappa shape index (κ2) is 4.94. The molecule has 8 heteroatoms. The topological polar surface area (TPSA) is 103 Å². The van der Waals surface area contributed by atoms with Crippen molar-refractivity contribution < 1.29 is 9.66 Å². The maximum Gasteiger partial charge on any atom is 0.291 e. The van der Waals surface area contributed by atoms with Crippen LogP contribution in [0.25, 0.3) is 0 Å². The van der Waals surface area contributed by atoms with Gasteiger partial charge in [-0.05, 0) is 29.3 Å². The highest BCUT2D eigenvalue weighted by atomic mass is 79.9. The second-order valence-corrected chi connectivity index (χ2v) is 6.02. The molecule has 0 amide bonds. The minimum absolute atomic E-state index is 0.00433. The third-order valence-corrected chi connectivity index (χ3v) is 5.15. The first-order valence-corrected chi connectivity index (χ1v) is 7.23. The number of hydrogen-bond donors (Lipinski definition) is 2. The summed E-state index contributed by atoms with van der Waals surface area (Å²) in [5.74, 6) is 0.980. The first kappa shape index (κ1) is 13.7. The Kier molecular flexibility index (Phi) is 3.39. The van der Waals surface area contributed by atoms with Crippen molar-refractivity contribution in [2.75, 3.05) is 11.9 Å². The van der Waals surface area contributed by atoms with Crippen LogP contribution in [0.5, 0.6) is 0 Å². The van der Waals surface area contributed by atoms with E-state index in [0.29, 0.717) is 21.8 Å². The van der Waals surface area contributed by atoms with Gasteiger partial charge in [0.1, 0.15) is 12.0 Å². The molecular formula is C12H15BrN4O3. The average Bonchev–Trinajstić information content (AvgIpc) is 2.84. The van der Waals surface area contributed by atoms with Crippen molar-refractivity contribution in [3.63, 3.8) is 0 Å². The number of pyridine rings is 1. The summed E-state index contributed by atoms with van der Waals surface area (Å²) in [5, 5.41) is 14.1. The maximum absolute atomic E-state index is 10.9. The van der Waals surface area contributed by atoms with Crippen LogP contribution in [0.15, 0.2) is 10.7 Å². The van der Waals surface area contributed by atoms with Crippen LogP contribution in [-0.4, -0.2) is 34.7 Å². The quantitative estimate of drug-likeness (QED) is 0.638. The Balaban J connectivity index is 1.82. The monoisotopic (exact) mass is 342 g/mol. The van der Waals surface area contributed by atoms with Crippen molar-refractivity contribution in [3.05, 3.63) is 26.3 Å². The Hall–Kier alpha value is -1.25. The van der Waals surface area contributed by atoms with Crippen LogP contribution >= 0.6 is 15.9 Å². The van der Waals surface area contributed by atoms with Crippen LogP contribution in [0.4, 0.5) is 11.5 Å². The van der Waals surface area contributed by atoms with Crippen LogP contribution in [0.1, 0.15) is 12.0 Å². The predicted molar refractivity (Wildman–Crippen MR) is 76.6 cm³/mol. The maximum atomic E-state index is 10.9. The SMILES string of the molecule is Cc1c([N+](=O)[O-])cnc(NC2C(N)C3CCOC32)c1Br. The van der Waals surface area contributed by atoms with E-state index >= 15 is 0 Å². The van der Waals surface area contributed by atoms with Crippen LogP contribution in [0.3, 0.4) is 0 Å². The molecule has 3 rings (SSSR count). The van der Waals surface area contributed by atoms with E-state index in [-0.39, 0.29) is 23.9 Å². The van der Waals surface area contributed by atoms with Crippen LogP contribution in [-0.2, 0) is 4.74 Å². The molecule has 4 atom stereocenters. The minimum atomic E-state index is -0.442. The summed E-state index contributed by atoms with van der Waals surface area (Å²) in [5.41, 5.74) is 6.67. The first-order chi connectivity index (χ1) is 9.50. The number of nitro groups is 1. The molecule has 2 aliphatic rings. The molecule has 3 N–H and O–H groups in total. The Bertz CT molecular complexity index is 568. The lowest BCUT2D eigenvalue weighted by molar-refractivity contribution is -0.385. The zero-order chi connectivity index (χ0) is 14.4. The Morgan fingerprint density at radius 1 is 1.65 bits per heavy atom. The molecule has 20 heavy (non-hydrogen) atoms. The molecule has 2 heterocycles. The summed E-state index contributed by atoms with van der Waals surface area (Å²) in [6.45, 7) is 2.43. The van der Waals surface area contributed by atoms with Crippen LogP contribution < -0.4 is 11.1 Å². The molecule has 0 aromatic carbocycles. The summed E-state index contributed by atoms with van der Waals surface area (Å²) in [6.07, 6.45) is 2.38. The lowest BCUT2D eigenvalue weighted by Crippen LogP contribution is -2.65. The van der Waals surface area contributed by atoms with Crippen molar-refractivity contribution >= 4 is 27.4 Å². The predicted octanol–water partition coefficient (Wildman–Crippen LogP) is 1.59. The number of nitrogens with two attached hydrogens (primary N) is 1. The van der Waals surface area contributed by atoms with Crippen molar-refractivity contribution in [1.82, 2.24) is 4.98 Å². The summed E-state index contributed by atoms with van der Waals surface area (Å²) < 4.78 is 6.24. The zero-order valence-corrected chi connectivity index (χ0v) is 12.5. The lowest BCUT2D eigenvalue weighted by atomic mass is 9.72. The summed E-state index contributed by atoms with van der Waals surface area (Å²) in [6, 6.07) is 0.0406. The van der Waals surface area contributed by atoms with E-state index in [4.69, 9.17) is 10.5 Å². The average molecular weight is 343 g/mol. The smallest absolute Gasteiger partial charge is 0.291 e. The number of nitrogens with one attached hydrogen (secondary N) is 1. The molecule has 4 unspecified atom stereocenters. The van der Waals surface area contributed by atoms with Gasteiger partial charge in [-0.15, -0.1) is 0 Å². The van der Waals surface area contributed by atoms with Gasteiger partial charge in [0.05, 0.1) is 21.5 Å². The van der Waals surface area contributed by atoms with E-state index in [1.165, 1.54) is 6.20 Å². The van der Waals surface area contributed by atoms with E-state index in [2.05, 4.69) is 26.2 Å². The highest BCUT2D eigenvalue weighted by Crippen LogP contribution is 2.40. The van der Waals surface area contributed by atoms with E-state index in [1.807, 2.05) is 0 Å². The molecule has 1 aliphatic carbocycles. The van der Waals surface area contributed by atoms with Crippen molar-refractivity contribution in [1.29, 1.82) is 0 Å². The molecule has 0 radical (unpaired) electrons. The van der Waals surface area contributed by atoms with Gasteiger partial charge in [0, 0.05) is 24.1 Å². The van der Waals surface area contributed by atoms with Gasteiger partial charge < -0.3 is 15.8 Å². The zero-order valence-electron chi connectivity index (χ0n) is 10.9. The molecule has 108 valence electrons. The largest absolute Gasteiger partial charge is 0.376 e. The number of nitrogens with zero attached hydrogens (tertiary/aromatic N) is 2. The summed E-state index contributed by atoms with van der Waals surface area (Å²) in [4.78, 5) is 14.5. The Morgan fingerprint density at radius 2 is 2.40 bits per heavy atom. The van der Waals surface area contributed by atoms with Gasteiger partial charge in [0.25, 0.3) is 5.69 Å². The van der Waals surface area contributed by atoms with Gasteiger partial charge in [-0.1, -0.05) is 0 Å². The molecule has 1 aliphatic heterocycles. The number of ether oxygens (including phenoxy) is 1. The highest BCUT2D eigenvalue weighted by Gasteiger charge is 2.52. The molecular weight excluding hydrogens is 328 g/mol. The fraction of sp³-hybridized carbons (Fsp3) is 0.583. The molecule has 1 saturated carbocycles. The lowest BCUT2D eigenvalue weighted by Gasteiger charge is -2.46. The van der Waals surface area contributed by atoms with Gasteiger partial charge in [-0.3, -0.25) is 10.1 Å². The number of aromatic nitrogens is 1. The number of fused-ring (bicyclic) bond motifs is 1. The number of anilines is 1. The first-order valence-electron chi connectivity index (χ1n) is 6.44. The third kappa shape index (κ3) is 1.99. The summed E-state index contributed by atoms with van der Waals surface area (Å²) in [7, 11) is 0. The molecule has 0 bridgehead atoms. The molecule has 1 aromatic rings. The van der Waals surface area contributed by atoms with Gasteiger partial charge in [0.2, 0.25) is 0 Å². The number of halogens is 1. The van der Waals surface area contributed by atoms with Crippen LogP contribution in [0, 0.1) is 23.0 Å². The third-order valence-electron chi connectivity index (χ3n) is 4.18. The molecule has 2 fully saturated rings. The summed E-state index contributed by atoms with van der Waals surface area (Å²) >= 11 is 3.36. The Morgan fingerprint density at radius 3 is 3.10 bits per heavy atom. The van der Waals surface area contributed by atoms with Crippen LogP contribution in [0.2, 0.25) is 0 Å². The number of hydrogen-bond acceptors (Lipinski definition) is 6. The second-order valence-electron chi connectivity index (χ2n) is 5.22. The van der Waals surface area contributed by atoms with Gasteiger partial charge in [0.15, 0.2) is 0 Å². The fourth-order valence-electron chi connectivity index (χ4n) is 2.94. The molecule has 7 nitrogen and oxygen atoms in total. The van der Waals surface area contributed by atoms with Gasteiger partial charge >= 0.3 is 0 Å². The fourth-order valence-corrected chi connectivity index (χ4v) is 3.36. The highest BCUT2D eigenvalue weighted by molar-refractivity contribution is 9.10. The normalized spacial score (nSPS) is 31.6. The van der Waals surface area contributed by atoms with Crippen molar-refractivity contribution in [2.24, 2.45) is 11.7 Å². The van der Waals surface area contributed by atoms with Gasteiger partial charge in [-0.2, -0.15) is 0 Å². The van der Waals surface area contributed by atoms with Crippen molar-refractivity contribution in [2.45, 2.75) is 31.5 Å². The molecule has 1 aromatic heterocycles. The van der Waals surface area contributed by atoms with Gasteiger partial charge in [-0.25, -0.2) is 4.98 Å². The van der Waals surface area contributed by atoms with E-state index in [9.17, 15) is 10.1 Å². The molecule has 1 saturated heterocycles. The molecule has 0 spiro atoms. The van der Waals surface area contributed by atoms with E-state index in [1.54, 1.807) is 6.92 Å². The Labute approximate surface area is 124 Å². The minimum Gasteiger partial charge on any atom is -0.376 e. The van der Waals surface area contributed by atoms with E-state index < -0.39 is 4.92 Å².